The van der Waals surface area contributed by atoms with E-state index in [1.54, 1.807) is 7.11 Å². The number of carboxylic acids is 1. The number of nitrogens with zero attached hydrogens (tertiary/aromatic N) is 2. The molecule has 1 rings (SSSR count). The minimum absolute atomic E-state index is 0.0800. The van der Waals surface area contributed by atoms with Crippen molar-refractivity contribution < 1.29 is 14.6 Å². The summed E-state index contributed by atoms with van der Waals surface area (Å²) in [5, 5.41) is 11.6. The average Bonchev–Trinajstić information content (AvgIpc) is 2.19. The van der Waals surface area contributed by atoms with Gasteiger partial charge in [-0.2, -0.15) is 0 Å². The standard InChI is InChI=1S/C8H11N3O3/c1-14-5-4-11-7-6(8(12)13)9-2-3-10-7/h2-3H,4-5H2,1H3,(H,10,11)(H,12,13). The third-order valence-electron chi connectivity index (χ3n) is 1.50. The summed E-state index contributed by atoms with van der Waals surface area (Å²) >= 11 is 0. The van der Waals surface area contributed by atoms with Gasteiger partial charge in [-0.25, -0.2) is 14.8 Å². The maximum atomic E-state index is 10.7. The topological polar surface area (TPSA) is 84.3 Å². The van der Waals surface area contributed by atoms with E-state index in [0.717, 1.165) is 0 Å². The number of carbonyl (C=O) groups is 1. The number of rotatable bonds is 5. The first-order valence-electron chi connectivity index (χ1n) is 4.03. The lowest BCUT2D eigenvalue weighted by atomic mass is 10.4. The van der Waals surface area contributed by atoms with E-state index in [1.807, 2.05) is 0 Å². The van der Waals surface area contributed by atoms with Gasteiger partial charge in [0.2, 0.25) is 0 Å². The minimum Gasteiger partial charge on any atom is -0.476 e. The molecule has 0 radical (unpaired) electrons. The maximum absolute atomic E-state index is 10.7. The number of carboxylic acid groups (broad SMARTS) is 1. The molecule has 6 heteroatoms. The average molecular weight is 197 g/mol. The van der Waals surface area contributed by atoms with Crippen LogP contribution in [0.5, 0.6) is 0 Å². The predicted octanol–water partition coefficient (Wildman–Crippen LogP) is 0.233. The first-order valence-corrected chi connectivity index (χ1v) is 4.03. The number of hydrogen-bond acceptors (Lipinski definition) is 5. The van der Waals surface area contributed by atoms with E-state index in [0.29, 0.717) is 13.2 Å². The summed E-state index contributed by atoms with van der Waals surface area (Å²) in [6, 6.07) is 0. The largest absolute Gasteiger partial charge is 0.476 e. The summed E-state index contributed by atoms with van der Waals surface area (Å²) in [6.45, 7) is 0.977. The predicted molar refractivity (Wildman–Crippen MR) is 49.4 cm³/mol. The summed E-state index contributed by atoms with van der Waals surface area (Å²) in [6.07, 6.45) is 2.77. The van der Waals surface area contributed by atoms with E-state index in [9.17, 15) is 4.79 Å². The molecule has 76 valence electrons. The van der Waals surface area contributed by atoms with Crippen LogP contribution in [0.15, 0.2) is 12.4 Å². The fourth-order valence-corrected chi connectivity index (χ4v) is 0.895. The number of anilines is 1. The molecule has 0 fully saturated rings. The molecular weight excluding hydrogens is 186 g/mol. The van der Waals surface area contributed by atoms with E-state index < -0.39 is 5.97 Å². The van der Waals surface area contributed by atoms with Gasteiger partial charge in [0.15, 0.2) is 11.5 Å². The Morgan fingerprint density at radius 3 is 2.93 bits per heavy atom. The summed E-state index contributed by atoms with van der Waals surface area (Å²) < 4.78 is 4.81. The maximum Gasteiger partial charge on any atom is 0.358 e. The zero-order valence-corrected chi connectivity index (χ0v) is 7.73. The highest BCUT2D eigenvalue weighted by Gasteiger charge is 2.11. The number of aromatic nitrogens is 2. The van der Waals surface area contributed by atoms with E-state index in [1.165, 1.54) is 12.4 Å². The van der Waals surface area contributed by atoms with Crippen LogP contribution >= 0.6 is 0 Å². The van der Waals surface area contributed by atoms with Crippen LogP contribution in [-0.4, -0.2) is 41.3 Å². The van der Waals surface area contributed by atoms with E-state index in [-0.39, 0.29) is 11.5 Å². The van der Waals surface area contributed by atoms with Crippen LogP contribution in [0, 0.1) is 0 Å². The molecule has 0 spiro atoms. The van der Waals surface area contributed by atoms with Crippen LogP contribution in [0.3, 0.4) is 0 Å². The summed E-state index contributed by atoms with van der Waals surface area (Å²) in [4.78, 5) is 18.2. The molecule has 1 aromatic rings. The van der Waals surface area contributed by atoms with Crippen molar-refractivity contribution in [3.05, 3.63) is 18.1 Å². The highest BCUT2D eigenvalue weighted by Crippen LogP contribution is 2.06. The molecule has 1 heterocycles. The molecule has 1 aromatic heterocycles. The summed E-state index contributed by atoms with van der Waals surface area (Å²) in [5.74, 6) is -0.838. The molecular formula is C8H11N3O3. The van der Waals surface area contributed by atoms with Gasteiger partial charge < -0.3 is 15.2 Å². The number of nitrogens with one attached hydrogen (secondary N) is 1. The van der Waals surface area contributed by atoms with Gasteiger partial charge in [0, 0.05) is 26.0 Å². The van der Waals surface area contributed by atoms with Crippen molar-refractivity contribution in [3.63, 3.8) is 0 Å². The number of hydrogen-bond donors (Lipinski definition) is 2. The lowest BCUT2D eigenvalue weighted by Crippen LogP contribution is -2.13. The first kappa shape index (κ1) is 10.4. The Morgan fingerprint density at radius 2 is 2.29 bits per heavy atom. The normalized spacial score (nSPS) is 9.79. The smallest absolute Gasteiger partial charge is 0.358 e. The number of aromatic carboxylic acids is 1. The van der Waals surface area contributed by atoms with Crippen molar-refractivity contribution in [1.82, 2.24) is 9.97 Å². The molecule has 0 amide bonds. The highest BCUT2D eigenvalue weighted by atomic mass is 16.5. The van der Waals surface area contributed by atoms with Crippen LogP contribution in [0.1, 0.15) is 10.5 Å². The number of ether oxygens (including phenoxy) is 1. The van der Waals surface area contributed by atoms with Gasteiger partial charge in [0.05, 0.1) is 6.61 Å². The van der Waals surface area contributed by atoms with E-state index in [2.05, 4.69) is 15.3 Å². The first-order chi connectivity index (χ1) is 6.75. The quantitative estimate of drug-likeness (QED) is 0.657. The van der Waals surface area contributed by atoms with Gasteiger partial charge >= 0.3 is 5.97 Å². The Balaban J connectivity index is 2.69. The fourth-order valence-electron chi connectivity index (χ4n) is 0.895. The second-order valence-corrected chi connectivity index (χ2v) is 2.48. The Hall–Kier alpha value is -1.69. The monoisotopic (exact) mass is 197 g/mol. The Labute approximate surface area is 80.9 Å². The molecule has 0 bridgehead atoms. The fraction of sp³-hybridized carbons (Fsp3) is 0.375. The van der Waals surface area contributed by atoms with Crippen LogP contribution in [0.2, 0.25) is 0 Å². The number of methoxy groups -OCH3 is 1. The molecule has 2 N–H and O–H groups in total. The van der Waals surface area contributed by atoms with Crippen molar-refractivity contribution in [1.29, 1.82) is 0 Å². The molecule has 0 unspecified atom stereocenters. The third kappa shape index (κ3) is 2.67. The molecule has 0 aliphatic heterocycles. The van der Waals surface area contributed by atoms with Crippen LogP contribution < -0.4 is 5.32 Å². The zero-order chi connectivity index (χ0) is 10.4. The third-order valence-corrected chi connectivity index (χ3v) is 1.50. The van der Waals surface area contributed by atoms with Gasteiger partial charge in [-0.05, 0) is 0 Å². The van der Waals surface area contributed by atoms with Crippen molar-refractivity contribution >= 4 is 11.8 Å². The van der Waals surface area contributed by atoms with Crippen LogP contribution in [0.25, 0.3) is 0 Å². The van der Waals surface area contributed by atoms with Crippen LogP contribution in [0.4, 0.5) is 5.82 Å². The molecule has 14 heavy (non-hydrogen) atoms. The second kappa shape index (κ2) is 5.13. The molecule has 6 nitrogen and oxygen atoms in total. The van der Waals surface area contributed by atoms with Gasteiger partial charge in [0.1, 0.15) is 0 Å². The molecule has 0 saturated heterocycles. The van der Waals surface area contributed by atoms with Crippen LogP contribution in [-0.2, 0) is 4.74 Å². The minimum atomic E-state index is -1.10. The molecule has 0 aliphatic carbocycles. The molecule has 0 atom stereocenters. The SMILES string of the molecule is COCCNc1nccnc1C(=O)O. The highest BCUT2D eigenvalue weighted by molar-refractivity contribution is 5.90. The van der Waals surface area contributed by atoms with Gasteiger partial charge in [-0.15, -0.1) is 0 Å². The van der Waals surface area contributed by atoms with Crippen molar-refractivity contribution in [2.24, 2.45) is 0 Å². The summed E-state index contributed by atoms with van der Waals surface area (Å²) in [7, 11) is 1.57. The van der Waals surface area contributed by atoms with E-state index >= 15 is 0 Å². The van der Waals surface area contributed by atoms with Crippen molar-refractivity contribution in [2.45, 2.75) is 0 Å². The molecule has 0 aromatic carbocycles. The van der Waals surface area contributed by atoms with E-state index in [4.69, 9.17) is 9.84 Å². The Bertz CT molecular complexity index is 316. The molecule has 0 saturated carbocycles. The zero-order valence-electron chi connectivity index (χ0n) is 7.73. The van der Waals surface area contributed by atoms with Gasteiger partial charge in [-0.3, -0.25) is 0 Å². The molecule has 0 aliphatic rings. The van der Waals surface area contributed by atoms with Crippen molar-refractivity contribution in [3.8, 4) is 0 Å². The lowest BCUT2D eigenvalue weighted by Gasteiger charge is -2.05. The lowest BCUT2D eigenvalue weighted by molar-refractivity contribution is 0.0691. The summed E-state index contributed by atoms with van der Waals surface area (Å²) in [5.41, 5.74) is -0.0800. The second-order valence-electron chi connectivity index (χ2n) is 2.48. The van der Waals surface area contributed by atoms with Gasteiger partial charge in [0.25, 0.3) is 0 Å². The van der Waals surface area contributed by atoms with Crippen molar-refractivity contribution in [2.75, 3.05) is 25.6 Å². The Kier molecular flexibility index (Phi) is 3.81. The Morgan fingerprint density at radius 1 is 1.57 bits per heavy atom. The van der Waals surface area contributed by atoms with Gasteiger partial charge in [-0.1, -0.05) is 0 Å².